The number of amides is 2. The Morgan fingerprint density at radius 3 is 2.33 bits per heavy atom. The smallest absolute Gasteiger partial charge is 0.228 e. The Bertz CT molecular complexity index is 738. The molecule has 1 aromatic heterocycles. The number of pyridine rings is 1. The number of nitrogens with zero attached hydrogens (tertiary/aromatic N) is 1. The highest BCUT2D eigenvalue weighted by molar-refractivity contribution is 6.00. The minimum Gasteiger partial charge on any atom is -0.352 e. The molecule has 5 heteroatoms. The lowest BCUT2D eigenvalue weighted by molar-refractivity contribution is -0.125. The van der Waals surface area contributed by atoms with E-state index in [1.165, 1.54) is 0 Å². The van der Waals surface area contributed by atoms with Crippen molar-refractivity contribution in [3.63, 3.8) is 0 Å². The molecule has 1 heterocycles. The second-order valence-electron chi connectivity index (χ2n) is 6.28. The highest BCUT2D eigenvalue weighted by atomic mass is 16.2. The zero-order valence-corrected chi connectivity index (χ0v) is 13.9. The van der Waals surface area contributed by atoms with Crippen LogP contribution in [0.15, 0.2) is 42.7 Å². The van der Waals surface area contributed by atoms with Gasteiger partial charge in [-0.25, -0.2) is 0 Å². The fourth-order valence-corrected chi connectivity index (χ4v) is 2.82. The summed E-state index contributed by atoms with van der Waals surface area (Å²) >= 11 is 0. The third kappa shape index (κ3) is 3.62. The van der Waals surface area contributed by atoms with Crippen molar-refractivity contribution in [1.29, 1.82) is 0 Å². The Morgan fingerprint density at radius 2 is 1.67 bits per heavy atom. The van der Waals surface area contributed by atoms with Gasteiger partial charge in [0.15, 0.2) is 0 Å². The van der Waals surface area contributed by atoms with Gasteiger partial charge in [-0.2, -0.15) is 0 Å². The molecule has 2 amide bonds. The first kappa shape index (κ1) is 16.2. The Morgan fingerprint density at radius 1 is 1.04 bits per heavy atom. The Balaban J connectivity index is 1.53. The lowest BCUT2D eigenvalue weighted by Gasteiger charge is -2.11. The van der Waals surface area contributed by atoms with E-state index in [2.05, 4.69) is 15.6 Å². The molecule has 124 valence electrons. The van der Waals surface area contributed by atoms with E-state index >= 15 is 0 Å². The lowest BCUT2D eigenvalue weighted by atomic mass is 10.1. The summed E-state index contributed by atoms with van der Waals surface area (Å²) in [5, 5.41) is 5.86. The van der Waals surface area contributed by atoms with Crippen LogP contribution in [0.5, 0.6) is 0 Å². The Hall–Kier alpha value is -2.69. The van der Waals surface area contributed by atoms with E-state index in [1.54, 1.807) is 12.4 Å². The third-order valence-electron chi connectivity index (χ3n) is 4.41. The van der Waals surface area contributed by atoms with Crippen LogP contribution in [0.2, 0.25) is 0 Å². The van der Waals surface area contributed by atoms with Crippen molar-refractivity contribution >= 4 is 17.5 Å². The molecule has 1 aliphatic rings. The average molecular weight is 323 g/mol. The van der Waals surface area contributed by atoms with E-state index in [0.29, 0.717) is 13.0 Å². The molecular formula is C19H21N3O2. The van der Waals surface area contributed by atoms with Crippen molar-refractivity contribution in [2.24, 2.45) is 11.8 Å². The summed E-state index contributed by atoms with van der Waals surface area (Å²) in [6.45, 7) is 4.39. The molecule has 0 saturated heterocycles. The minimum atomic E-state index is -0.235. The highest BCUT2D eigenvalue weighted by Crippen LogP contribution is 2.40. The molecule has 0 radical (unpaired) electrons. The molecule has 2 N–H and O–H groups in total. The second-order valence-corrected chi connectivity index (χ2v) is 6.28. The maximum atomic E-state index is 12.4. The number of para-hydroxylation sites is 1. The zero-order valence-electron chi connectivity index (χ0n) is 13.9. The van der Waals surface area contributed by atoms with Crippen molar-refractivity contribution < 1.29 is 9.59 Å². The van der Waals surface area contributed by atoms with Crippen LogP contribution in [0.1, 0.15) is 23.1 Å². The van der Waals surface area contributed by atoms with Gasteiger partial charge in [-0.15, -0.1) is 0 Å². The molecule has 1 aromatic carbocycles. The highest BCUT2D eigenvalue weighted by Gasteiger charge is 2.48. The number of aromatic nitrogens is 1. The largest absolute Gasteiger partial charge is 0.352 e. The summed E-state index contributed by atoms with van der Waals surface area (Å²) in [5.74, 6) is -0.595. The van der Waals surface area contributed by atoms with Crippen LogP contribution >= 0.6 is 0 Å². The molecule has 2 atom stereocenters. The van der Waals surface area contributed by atoms with Crippen LogP contribution < -0.4 is 10.6 Å². The maximum Gasteiger partial charge on any atom is 0.228 e. The summed E-state index contributed by atoms with van der Waals surface area (Å²) in [4.78, 5) is 28.5. The molecule has 1 saturated carbocycles. The fraction of sp³-hybridized carbons (Fsp3) is 0.316. The average Bonchev–Trinajstić information content (AvgIpc) is 3.38. The van der Waals surface area contributed by atoms with Crippen LogP contribution in [0, 0.1) is 25.7 Å². The van der Waals surface area contributed by atoms with Crippen LogP contribution in [-0.4, -0.2) is 16.8 Å². The van der Waals surface area contributed by atoms with E-state index in [4.69, 9.17) is 0 Å². The van der Waals surface area contributed by atoms with Crippen molar-refractivity contribution in [1.82, 2.24) is 10.3 Å². The second kappa shape index (κ2) is 6.83. The zero-order chi connectivity index (χ0) is 17.1. The monoisotopic (exact) mass is 323 g/mol. The van der Waals surface area contributed by atoms with Gasteiger partial charge in [0.1, 0.15) is 0 Å². The molecule has 0 spiro atoms. The first-order valence-corrected chi connectivity index (χ1v) is 8.10. The predicted octanol–water partition coefficient (Wildman–Crippen LogP) is 2.59. The van der Waals surface area contributed by atoms with Gasteiger partial charge >= 0.3 is 0 Å². The molecule has 24 heavy (non-hydrogen) atoms. The van der Waals surface area contributed by atoms with E-state index in [1.807, 2.05) is 44.2 Å². The van der Waals surface area contributed by atoms with Crippen LogP contribution in [0.3, 0.4) is 0 Å². The molecular weight excluding hydrogens is 302 g/mol. The number of hydrogen-bond acceptors (Lipinski definition) is 3. The molecule has 0 aliphatic heterocycles. The first-order valence-electron chi connectivity index (χ1n) is 8.10. The normalized spacial score (nSPS) is 18.8. The molecule has 2 unspecified atom stereocenters. The maximum absolute atomic E-state index is 12.4. The molecule has 5 nitrogen and oxygen atoms in total. The number of hydrogen-bond donors (Lipinski definition) is 2. The number of aryl methyl sites for hydroxylation is 2. The number of carbonyl (C=O) groups is 2. The number of carbonyl (C=O) groups excluding carboxylic acids is 2. The fourth-order valence-electron chi connectivity index (χ4n) is 2.82. The number of rotatable bonds is 5. The summed E-state index contributed by atoms with van der Waals surface area (Å²) in [6, 6.07) is 9.62. The Kier molecular flexibility index (Phi) is 4.60. The summed E-state index contributed by atoms with van der Waals surface area (Å²) in [7, 11) is 0. The van der Waals surface area contributed by atoms with Crippen LogP contribution in [0.25, 0.3) is 0 Å². The lowest BCUT2D eigenvalue weighted by Crippen LogP contribution is -2.27. The van der Waals surface area contributed by atoms with Crippen molar-refractivity contribution in [3.05, 3.63) is 59.4 Å². The minimum absolute atomic E-state index is 0.0616. The number of benzene rings is 1. The van der Waals surface area contributed by atoms with Gasteiger partial charge in [-0.3, -0.25) is 14.6 Å². The SMILES string of the molecule is Cc1cccc(C)c1NC(=O)C1CC1C(=O)NCc1ccncc1. The topological polar surface area (TPSA) is 71.1 Å². The van der Waals surface area contributed by atoms with Gasteiger partial charge < -0.3 is 10.6 Å². The molecule has 2 aromatic rings. The van der Waals surface area contributed by atoms with E-state index < -0.39 is 0 Å². The standard InChI is InChI=1S/C19H21N3O2/c1-12-4-3-5-13(2)17(12)22-19(24)16-10-15(16)18(23)21-11-14-6-8-20-9-7-14/h3-9,15-16H,10-11H2,1-2H3,(H,21,23)(H,22,24). The number of anilines is 1. The number of nitrogens with one attached hydrogen (secondary N) is 2. The molecule has 0 bridgehead atoms. The summed E-state index contributed by atoms with van der Waals surface area (Å²) < 4.78 is 0. The van der Waals surface area contributed by atoms with Crippen molar-refractivity contribution in [2.75, 3.05) is 5.32 Å². The third-order valence-corrected chi connectivity index (χ3v) is 4.41. The summed E-state index contributed by atoms with van der Waals surface area (Å²) in [6.07, 6.45) is 4.00. The quantitative estimate of drug-likeness (QED) is 0.888. The van der Waals surface area contributed by atoms with Gasteiger partial charge in [0.25, 0.3) is 0 Å². The molecule has 1 aliphatic carbocycles. The van der Waals surface area contributed by atoms with Crippen LogP contribution in [-0.2, 0) is 16.1 Å². The van der Waals surface area contributed by atoms with Gasteiger partial charge in [0, 0.05) is 24.6 Å². The van der Waals surface area contributed by atoms with E-state index in [0.717, 1.165) is 22.4 Å². The Labute approximate surface area is 141 Å². The van der Waals surface area contributed by atoms with Crippen molar-refractivity contribution in [2.45, 2.75) is 26.8 Å². The predicted molar refractivity (Wildman–Crippen MR) is 92.2 cm³/mol. The van der Waals surface area contributed by atoms with Crippen molar-refractivity contribution in [3.8, 4) is 0 Å². The molecule has 1 fully saturated rings. The van der Waals surface area contributed by atoms with Gasteiger partial charge in [-0.05, 0) is 49.1 Å². The van der Waals surface area contributed by atoms with Gasteiger partial charge in [-0.1, -0.05) is 18.2 Å². The van der Waals surface area contributed by atoms with Gasteiger partial charge in [0.2, 0.25) is 11.8 Å². The van der Waals surface area contributed by atoms with E-state index in [9.17, 15) is 9.59 Å². The molecule has 3 rings (SSSR count). The first-order chi connectivity index (χ1) is 11.6. The van der Waals surface area contributed by atoms with E-state index in [-0.39, 0.29) is 23.7 Å². The summed E-state index contributed by atoms with van der Waals surface area (Å²) in [5.41, 5.74) is 3.91. The van der Waals surface area contributed by atoms with Gasteiger partial charge in [0.05, 0.1) is 11.8 Å². The van der Waals surface area contributed by atoms with Crippen LogP contribution in [0.4, 0.5) is 5.69 Å².